The van der Waals surface area contributed by atoms with Crippen LogP contribution in [-0.2, 0) is 0 Å². The molecule has 19 heavy (non-hydrogen) atoms. The highest BCUT2D eigenvalue weighted by atomic mass is 19.4. The first-order valence-electron chi connectivity index (χ1n) is 6.12. The summed E-state index contributed by atoms with van der Waals surface area (Å²) in [5, 5.41) is 9.13. The van der Waals surface area contributed by atoms with E-state index < -0.39 is 18.8 Å². The highest BCUT2D eigenvalue weighted by molar-refractivity contribution is 5.21. The molecule has 2 atom stereocenters. The van der Waals surface area contributed by atoms with Crippen LogP contribution in [0.1, 0.15) is 24.4 Å². The Morgan fingerprint density at radius 3 is 2.47 bits per heavy atom. The molecule has 1 aliphatic rings. The van der Waals surface area contributed by atoms with E-state index in [2.05, 4.69) is 0 Å². The second-order valence-electron chi connectivity index (χ2n) is 4.76. The van der Waals surface area contributed by atoms with Gasteiger partial charge in [0, 0.05) is 12.6 Å². The van der Waals surface area contributed by atoms with Gasteiger partial charge >= 0.3 is 6.18 Å². The van der Waals surface area contributed by atoms with Crippen molar-refractivity contribution in [2.75, 3.05) is 13.1 Å². The Labute approximate surface area is 108 Å². The Balaban J connectivity index is 2.07. The number of aliphatic hydroxyl groups excluding tert-OH is 1. The Bertz CT molecular complexity index is 418. The first-order valence-corrected chi connectivity index (χ1v) is 6.12. The topological polar surface area (TPSA) is 23.5 Å². The van der Waals surface area contributed by atoms with Crippen LogP contribution in [0, 0.1) is 5.82 Å². The third-order valence-corrected chi connectivity index (χ3v) is 3.40. The number of hydrogen-bond acceptors (Lipinski definition) is 2. The Hall–Kier alpha value is -1.14. The van der Waals surface area contributed by atoms with Crippen LogP contribution in [0.4, 0.5) is 17.6 Å². The first kappa shape index (κ1) is 14.3. The standard InChI is InChI=1S/C13H15F4NO/c14-10-5-3-9(4-6-10)11-2-1-7-18(11)8-12(19)13(15,16)17/h3-6,11-12,19H,1-2,7-8H2/t11-,12+/m0/s1. The normalized spacial score (nSPS) is 22.7. The molecule has 1 fully saturated rings. The summed E-state index contributed by atoms with van der Waals surface area (Å²) in [6, 6.07) is 5.58. The van der Waals surface area contributed by atoms with Crippen LogP contribution in [0.2, 0.25) is 0 Å². The largest absolute Gasteiger partial charge is 0.415 e. The van der Waals surface area contributed by atoms with Crippen molar-refractivity contribution in [3.8, 4) is 0 Å². The zero-order valence-corrected chi connectivity index (χ0v) is 10.2. The lowest BCUT2D eigenvalue weighted by Gasteiger charge is -2.27. The number of alkyl halides is 3. The van der Waals surface area contributed by atoms with Gasteiger partial charge in [-0.1, -0.05) is 12.1 Å². The van der Waals surface area contributed by atoms with Gasteiger partial charge in [-0.3, -0.25) is 4.90 Å². The minimum absolute atomic E-state index is 0.183. The molecule has 1 heterocycles. The van der Waals surface area contributed by atoms with Crippen molar-refractivity contribution in [2.45, 2.75) is 31.2 Å². The molecule has 0 radical (unpaired) electrons. The van der Waals surface area contributed by atoms with Gasteiger partial charge in [0.1, 0.15) is 5.82 Å². The summed E-state index contributed by atoms with van der Waals surface area (Å²) in [6.07, 6.45) is -5.45. The van der Waals surface area contributed by atoms with Gasteiger partial charge in [0.2, 0.25) is 0 Å². The van der Waals surface area contributed by atoms with Gasteiger partial charge in [0.15, 0.2) is 6.10 Å². The van der Waals surface area contributed by atoms with Crippen molar-refractivity contribution in [3.63, 3.8) is 0 Å². The van der Waals surface area contributed by atoms with Crippen molar-refractivity contribution in [1.82, 2.24) is 4.90 Å². The van der Waals surface area contributed by atoms with E-state index in [1.54, 1.807) is 17.0 Å². The van der Waals surface area contributed by atoms with Crippen LogP contribution < -0.4 is 0 Å². The predicted octanol–water partition coefficient (Wildman–Crippen LogP) is 2.89. The van der Waals surface area contributed by atoms with Crippen LogP contribution in [0.5, 0.6) is 0 Å². The lowest BCUT2D eigenvalue weighted by atomic mass is 10.0. The fraction of sp³-hybridized carbons (Fsp3) is 0.538. The summed E-state index contributed by atoms with van der Waals surface area (Å²) in [6.45, 7) is 0.0702. The molecule has 0 aliphatic carbocycles. The van der Waals surface area contributed by atoms with Crippen molar-refractivity contribution in [3.05, 3.63) is 35.6 Å². The van der Waals surface area contributed by atoms with Gasteiger partial charge in [0.05, 0.1) is 0 Å². The molecule has 2 nitrogen and oxygen atoms in total. The Morgan fingerprint density at radius 2 is 1.89 bits per heavy atom. The molecule has 2 rings (SSSR count). The second-order valence-corrected chi connectivity index (χ2v) is 4.76. The summed E-state index contributed by atoms with van der Waals surface area (Å²) >= 11 is 0. The molecular weight excluding hydrogens is 262 g/mol. The van der Waals surface area contributed by atoms with Crippen LogP contribution in [0.25, 0.3) is 0 Å². The molecule has 1 N–H and O–H groups in total. The molecule has 106 valence electrons. The summed E-state index contributed by atoms with van der Waals surface area (Å²) in [7, 11) is 0. The molecular formula is C13H15F4NO. The molecule has 0 aromatic heterocycles. The van der Waals surface area contributed by atoms with Gasteiger partial charge < -0.3 is 5.11 Å². The molecule has 0 amide bonds. The van der Waals surface area contributed by atoms with Crippen molar-refractivity contribution < 1.29 is 22.7 Å². The molecule has 1 aliphatic heterocycles. The van der Waals surface area contributed by atoms with Crippen LogP contribution in [0.15, 0.2) is 24.3 Å². The summed E-state index contributed by atoms with van der Waals surface area (Å²) in [5.74, 6) is -0.372. The molecule has 0 spiro atoms. The maximum Gasteiger partial charge on any atom is 0.415 e. The number of β-amino-alcohol motifs (C(OH)–C–C–N with tert-alkyl or cyclic N) is 1. The van der Waals surface area contributed by atoms with Crippen molar-refractivity contribution in [2.24, 2.45) is 0 Å². The maximum atomic E-state index is 12.8. The fourth-order valence-electron chi connectivity index (χ4n) is 2.43. The predicted molar refractivity (Wildman–Crippen MR) is 62.0 cm³/mol. The van der Waals surface area contributed by atoms with Crippen LogP contribution in [-0.4, -0.2) is 35.4 Å². The number of halogens is 4. The van der Waals surface area contributed by atoms with Crippen LogP contribution in [0.3, 0.4) is 0 Å². The third kappa shape index (κ3) is 3.45. The van der Waals surface area contributed by atoms with E-state index in [1.807, 2.05) is 0 Å². The monoisotopic (exact) mass is 277 g/mol. The number of likely N-dealkylation sites (tertiary alicyclic amines) is 1. The molecule has 0 saturated carbocycles. The van der Waals surface area contributed by atoms with E-state index in [-0.39, 0.29) is 11.9 Å². The molecule has 1 aromatic rings. The van der Waals surface area contributed by atoms with Crippen LogP contribution >= 0.6 is 0 Å². The summed E-state index contributed by atoms with van der Waals surface area (Å²) < 4.78 is 49.9. The maximum absolute atomic E-state index is 12.8. The van der Waals surface area contributed by atoms with Gasteiger partial charge in [0.25, 0.3) is 0 Å². The molecule has 6 heteroatoms. The van der Waals surface area contributed by atoms with Crippen molar-refractivity contribution in [1.29, 1.82) is 0 Å². The zero-order chi connectivity index (χ0) is 14.0. The SMILES string of the molecule is O[C@H](CN1CCC[C@H]1c1ccc(F)cc1)C(F)(F)F. The number of hydrogen-bond donors (Lipinski definition) is 1. The lowest BCUT2D eigenvalue weighted by molar-refractivity contribution is -0.208. The van der Waals surface area contributed by atoms with Gasteiger partial charge in [-0.15, -0.1) is 0 Å². The minimum Gasteiger partial charge on any atom is -0.382 e. The average Bonchev–Trinajstić information content (AvgIpc) is 2.77. The van der Waals surface area contributed by atoms with E-state index >= 15 is 0 Å². The minimum atomic E-state index is -4.60. The molecule has 0 unspecified atom stereocenters. The van der Waals surface area contributed by atoms with E-state index in [0.717, 1.165) is 18.4 Å². The lowest BCUT2D eigenvalue weighted by Crippen LogP contribution is -2.40. The van der Waals surface area contributed by atoms with E-state index in [4.69, 9.17) is 5.11 Å². The third-order valence-electron chi connectivity index (χ3n) is 3.40. The summed E-state index contributed by atoms with van der Waals surface area (Å²) in [4.78, 5) is 1.60. The first-order chi connectivity index (χ1) is 8.88. The highest BCUT2D eigenvalue weighted by Gasteiger charge is 2.41. The smallest absolute Gasteiger partial charge is 0.382 e. The van der Waals surface area contributed by atoms with Gasteiger partial charge in [-0.2, -0.15) is 13.2 Å². The Kier molecular flexibility index (Phi) is 4.10. The average molecular weight is 277 g/mol. The fourth-order valence-corrected chi connectivity index (χ4v) is 2.43. The Morgan fingerprint density at radius 1 is 1.26 bits per heavy atom. The molecule has 0 bridgehead atoms. The number of nitrogens with zero attached hydrogens (tertiary/aromatic N) is 1. The van der Waals surface area contributed by atoms with E-state index in [1.165, 1.54) is 12.1 Å². The molecule has 1 aromatic carbocycles. The van der Waals surface area contributed by atoms with Gasteiger partial charge in [-0.05, 0) is 37.1 Å². The van der Waals surface area contributed by atoms with Crippen molar-refractivity contribution >= 4 is 0 Å². The number of aliphatic hydroxyl groups is 1. The number of rotatable bonds is 3. The van der Waals surface area contributed by atoms with E-state index in [0.29, 0.717) is 6.54 Å². The molecule has 1 saturated heterocycles. The second kappa shape index (κ2) is 5.46. The zero-order valence-electron chi connectivity index (χ0n) is 10.2. The van der Waals surface area contributed by atoms with Gasteiger partial charge in [-0.25, -0.2) is 4.39 Å². The van der Waals surface area contributed by atoms with E-state index in [9.17, 15) is 17.6 Å². The highest BCUT2D eigenvalue weighted by Crippen LogP contribution is 2.33. The quantitative estimate of drug-likeness (QED) is 0.859. The number of benzene rings is 1. The summed E-state index contributed by atoms with van der Waals surface area (Å²) in [5.41, 5.74) is 0.785.